The van der Waals surface area contributed by atoms with Crippen molar-refractivity contribution >= 4 is 16.9 Å². The molecule has 146 valence electrons. The van der Waals surface area contributed by atoms with Gasteiger partial charge in [0.1, 0.15) is 5.56 Å². The lowest BCUT2D eigenvalue weighted by atomic mass is 9.95. The summed E-state index contributed by atoms with van der Waals surface area (Å²) in [6.45, 7) is 1.84. The first-order valence-electron chi connectivity index (χ1n) is 8.68. The molecule has 1 heterocycles. The number of carbonyl (C=O) groups excluding carboxylic acids is 1. The van der Waals surface area contributed by atoms with Crippen molar-refractivity contribution in [3.63, 3.8) is 0 Å². The fourth-order valence-corrected chi connectivity index (χ4v) is 3.20. The van der Waals surface area contributed by atoms with Gasteiger partial charge < -0.3 is 23.9 Å². The highest BCUT2D eigenvalue weighted by Gasteiger charge is 2.26. The van der Waals surface area contributed by atoms with Crippen molar-refractivity contribution in [2.45, 2.75) is 6.92 Å². The van der Waals surface area contributed by atoms with Gasteiger partial charge in [0.05, 0.1) is 33.5 Å². The summed E-state index contributed by atoms with van der Waals surface area (Å²) >= 11 is 0. The number of fused-ring (bicyclic) bond motifs is 1. The molecule has 7 nitrogen and oxygen atoms in total. The van der Waals surface area contributed by atoms with E-state index in [9.17, 15) is 9.59 Å². The van der Waals surface area contributed by atoms with E-state index in [4.69, 9.17) is 18.9 Å². The van der Waals surface area contributed by atoms with E-state index in [1.165, 1.54) is 21.3 Å². The Morgan fingerprint density at radius 2 is 1.68 bits per heavy atom. The van der Waals surface area contributed by atoms with E-state index in [1.54, 1.807) is 13.0 Å². The number of hydrogen-bond acceptors (Lipinski definition) is 6. The van der Waals surface area contributed by atoms with Crippen LogP contribution in [0.1, 0.15) is 17.3 Å². The number of benzene rings is 2. The van der Waals surface area contributed by atoms with Gasteiger partial charge in [-0.05, 0) is 18.6 Å². The Kier molecular flexibility index (Phi) is 5.54. The third-order valence-electron chi connectivity index (χ3n) is 4.36. The highest BCUT2D eigenvalue weighted by molar-refractivity contribution is 6.09. The molecule has 7 heteroatoms. The van der Waals surface area contributed by atoms with Crippen LogP contribution in [0.5, 0.6) is 17.2 Å². The first kappa shape index (κ1) is 19.3. The average molecular weight is 383 g/mol. The predicted molar refractivity (Wildman–Crippen MR) is 106 cm³/mol. The minimum Gasteiger partial charge on any atom is -0.493 e. The Balaban J connectivity index is 2.54. The molecular weight excluding hydrogens is 362 g/mol. The van der Waals surface area contributed by atoms with Crippen LogP contribution in [0.2, 0.25) is 0 Å². The van der Waals surface area contributed by atoms with E-state index < -0.39 is 11.5 Å². The SMILES string of the molecule is CCOC(=O)c1c(-c2ccccc2)c2cc(OC)c(OC)c(OC)c2[nH]c1=O. The smallest absolute Gasteiger partial charge is 0.344 e. The molecule has 1 N–H and O–H groups in total. The maximum Gasteiger partial charge on any atom is 0.344 e. The molecule has 28 heavy (non-hydrogen) atoms. The summed E-state index contributed by atoms with van der Waals surface area (Å²) in [7, 11) is 4.45. The minimum atomic E-state index is -0.696. The molecule has 3 rings (SSSR count). The minimum absolute atomic E-state index is 0.0742. The summed E-state index contributed by atoms with van der Waals surface area (Å²) in [5.41, 5.74) is 0.884. The third-order valence-corrected chi connectivity index (χ3v) is 4.36. The molecule has 0 spiro atoms. The molecule has 0 aliphatic heterocycles. The highest BCUT2D eigenvalue weighted by atomic mass is 16.5. The molecule has 0 fully saturated rings. The number of carbonyl (C=O) groups is 1. The number of H-pyrrole nitrogens is 1. The number of esters is 1. The van der Waals surface area contributed by atoms with Crippen LogP contribution in [0, 0.1) is 0 Å². The maximum absolute atomic E-state index is 12.9. The number of methoxy groups -OCH3 is 3. The zero-order valence-corrected chi connectivity index (χ0v) is 16.1. The molecule has 0 aliphatic rings. The average Bonchev–Trinajstić information content (AvgIpc) is 2.72. The molecule has 0 atom stereocenters. The largest absolute Gasteiger partial charge is 0.493 e. The molecule has 0 aliphatic carbocycles. The summed E-state index contributed by atoms with van der Waals surface area (Å²) in [6, 6.07) is 10.9. The van der Waals surface area contributed by atoms with Crippen LogP contribution in [0.3, 0.4) is 0 Å². The molecule has 1 aromatic heterocycles. The quantitative estimate of drug-likeness (QED) is 0.657. The first-order chi connectivity index (χ1) is 13.6. The van der Waals surface area contributed by atoms with Crippen molar-refractivity contribution in [3.05, 3.63) is 52.3 Å². The maximum atomic E-state index is 12.9. The summed E-state index contributed by atoms with van der Waals surface area (Å²) in [4.78, 5) is 28.2. The number of hydrogen-bond donors (Lipinski definition) is 1. The van der Waals surface area contributed by atoms with Crippen LogP contribution < -0.4 is 19.8 Å². The monoisotopic (exact) mass is 383 g/mol. The van der Waals surface area contributed by atoms with Gasteiger partial charge in [-0.2, -0.15) is 0 Å². The third kappa shape index (κ3) is 3.15. The summed E-state index contributed by atoms with van der Waals surface area (Å²) in [5, 5.41) is 0.573. The molecule has 0 unspecified atom stereocenters. The van der Waals surface area contributed by atoms with Crippen LogP contribution >= 0.6 is 0 Å². The zero-order chi connectivity index (χ0) is 20.3. The van der Waals surface area contributed by atoms with Crippen molar-refractivity contribution in [1.82, 2.24) is 4.98 Å². The molecular formula is C21H21NO6. The van der Waals surface area contributed by atoms with Gasteiger partial charge in [0.15, 0.2) is 11.5 Å². The van der Waals surface area contributed by atoms with Crippen LogP contribution in [0.4, 0.5) is 0 Å². The Morgan fingerprint density at radius 3 is 2.25 bits per heavy atom. The topological polar surface area (TPSA) is 86.8 Å². The Morgan fingerprint density at radius 1 is 1.00 bits per heavy atom. The Hall–Kier alpha value is -3.48. The second-order valence-electron chi connectivity index (χ2n) is 5.86. The molecule has 0 saturated carbocycles. The molecule has 0 bridgehead atoms. The number of ether oxygens (including phenoxy) is 4. The van der Waals surface area contributed by atoms with Gasteiger partial charge in [0, 0.05) is 10.9 Å². The van der Waals surface area contributed by atoms with E-state index in [1.807, 2.05) is 30.3 Å². The van der Waals surface area contributed by atoms with Crippen molar-refractivity contribution in [2.24, 2.45) is 0 Å². The van der Waals surface area contributed by atoms with E-state index in [2.05, 4.69) is 4.98 Å². The summed E-state index contributed by atoms with van der Waals surface area (Å²) in [5.74, 6) is 0.363. The van der Waals surface area contributed by atoms with Crippen molar-refractivity contribution in [1.29, 1.82) is 0 Å². The number of aromatic amines is 1. The molecule has 0 amide bonds. The number of rotatable bonds is 6. The summed E-state index contributed by atoms with van der Waals surface area (Å²) < 4.78 is 21.5. The normalized spacial score (nSPS) is 10.6. The fourth-order valence-electron chi connectivity index (χ4n) is 3.20. The first-order valence-corrected chi connectivity index (χ1v) is 8.68. The lowest BCUT2D eigenvalue weighted by Crippen LogP contribution is -2.22. The van der Waals surface area contributed by atoms with Crippen LogP contribution in [-0.4, -0.2) is 38.9 Å². The van der Waals surface area contributed by atoms with E-state index in [0.717, 1.165) is 0 Å². The molecule has 0 radical (unpaired) electrons. The lowest BCUT2D eigenvalue weighted by Gasteiger charge is -2.18. The molecule has 3 aromatic rings. The van der Waals surface area contributed by atoms with Crippen LogP contribution in [-0.2, 0) is 4.74 Å². The highest BCUT2D eigenvalue weighted by Crippen LogP contribution is 2.45. The van der Waals surface area contributed by atoms with Gasteiger partial charge in [-0.15, -0.1) is 0 Å². The number of pyridine rings is 1. The number of nitrogens with one attached hydrogen (secondary N) is 1. The lowest BCUT2D eigenvalue weighted by molar-refractivity contribution is 0.0525. The zero-order valence-electron chi connectivity index (χ0n) is 16.1. The van der Waals surface area contributed by atoms with Crippen molar-refractivity contribution in [3.8, 4) is 28.4 Å². The van der Waals surface area contributed by atoms with Crippen LogP contribution in [0.25, 0.3) is 22.0 Å². The van der Waals surface area contributed by atoms with Crippen LogP contribution in [0.15, 0.2) is 41.2 Å². The van der Waals surface area contributed by atoms with Crippen molar-refractivity contribution < 1.29 is 23.7 Å². The van der Waals surface area contributed by atoms with E-state index in [0.29, 0.717) is 39.3 Å². The fraction of sp³-hybridized carbons (Fsp3) is 0.238. The predicted octanol–water partition coefficient (Wildman–Crippen LogP) is 3.40. The van der Waals surface area contributed by atoms with E-state index in [-0.39, 0.29) is 12.2 Å². The van der Waals surface area contributed by atoms with Gasteiger partial charge >= 0.3 is 5.97 Å². The second-order valence-corrected chi connectivity index (χ2v) is 5.86. The Bertz CT molecular complexity index is 1070. The Labute approximate surface area is 161 Å². The van der Waals surface area contributed by atoms with Gasteiger partial charge in [-0.25, -0.2) is 4.79 Å². The standard InChI is InChI=1S/C21H21NO6/c1-5-28-21(24)16-15(12-9-7-6-8-10-12)13-11-14(25-2)18(26-3)19(27-4)17(13)22-20(16)23/h6-11H,5H2,1-4H3,(H,22,23). The van der Waals surface area contributed by atoms with E-state index >= 15 is 0 Å². The molecule has 2 aromatic carbocycles. The van der Waals surface area contributed by atoms with Gasteiger partial charge in [0.2, 0.25) is 5.75 Å². The number of aromatic nitrogens is 1. The molecule has 0 saturated heterocycles. The second kappa shape index (κ2) is 8.04. The van der Waals surface area contributed by atoms with Gasteiger partial charge in [0.25, 0.3) is 5.56 Å². The van der Waals surface area contributed by atoms with Crippen molar-refractivity contribution in [2.75, 3.05) is 27.9 Å². The van der Waals surface area contributed by atoms with Gasteiger partial charge in [-0.1, -0.05) is 30.3 Å². The summed E-state index contributed by atoms with van der Waals surface area (Å²) in [6.07, 6.45) is 0. The van der Waals surface area contributed by atoms with Gasteiger partial charge in [-0.3, -0.25) is 4.79 Å².